The summed E-state index contributed by atoms with van der Waals surface area (Å²) in [7, 11) is -1.18. The molecule has 1 aliphatic rings. The lowest BCUT2D eigenvalue weighted by Gasteiger charge is -2.26. The standard InChI is InChI=1S/C17H21ClN4O3S2/c1-3-22(14-8-9-27(24,25)11-14)15(23)10-26-17-20-19-16(21(17)2)12-4-6-13(18)7-5-12/h4-7,14H,3,8-11H2,1-2H3/t14-/m0/s1. The molecule has 2 aromatic rings. The molecule has 0 aliphatic carbocycles. The largest absolute Gasteiger partial charge is 0.338 e. The van der Waals surface area contributed by atoms with Crippen molar-refractivity contribution in [1.29, 1.82) is 0 Å². The van der Waals surface area contributed by atoms with Crippen LogP contribution in [0.3, 0.4) is 0 Å². The van der Waals surface area contributed by atoms with Gasteiger partial charge in [0.15, 0.2) is 20.8 Å². The molecule has 1 aromatic heterocycles. The second-order valence-corrected chi connectivity index (χ2v) is 10.0. The third-order valence-corrected chi connectivity index (χ3v) is 7.58. The maximum Gasteiger partial charge on any atom is 0.233 e. The van der Waals surface area contributed by atoms with Crippen LogP contribution in [-0.2, 0) is 21.7 Å². The van der Waals surface area contributed by atoms with Crippen LogP contribution in [0.1, 0.15) is 13.3 Å². The maximum atomic E-state index is 12.6. The lowest BCUT2D eigenvalue weighted by Crippen LogP contribution is -2.42. The van der Waals surface area contributed by atoms with Crippen molar-refractivity contribution in [3.63, 3.8) is 0 Å². The molecule has 27 heavy (non-hydrogen) atoms. The summed E-state index contributed by atoms with van der Waals surface area (Å²) < 4.78 is 25.2. The number of hydrogen-bond donors (Lipinski definition) is 0. The van der Waals surface area contributed by atoms with Gasteiger partial charge in [0.05, 0.1) is 17.3 Å². The van der Waals surface area contributed by atoms with E-state index in [2.05, 4.69) is 10.2 Å². The van der Waals surface area contributed by atoms with E-state index in [9.17, 15) is 13.2 Å². The molecule has 0 radical (unpaired) electrons. The monoisotopic (exact) mass is 428 g/mol. The van der Waals surface area contributed by atoms with E-state index in [1.54, 1.807) is 17.0 Å². The van der Waals surface area contributed by atoms with Gasteiger partial charge in [-0.05, 0) is 37.6 Å². The highest BCUT2D eigenvalue weighted by atomic mass is 35.5. The molecule has 2 heterocycles. The van der Waals surface area contributed by atoms with Gasteiger partial charge in [0.2, 0.25) is 5.91 Å². The highest BCUT2D eigenvalue weighted by Gasteiger charge is 2.33. The van der Waals surface area contributed by atoms with Crippen LogP contribution < -0.4 is 0 Å². The van der Waals surface area contributed by atoms with Crippen molar-refractivity contribution in [3.8, 4) is 11.4 Å². The minimum atomic E-state index is -3.02. The summed E-state index contributed by atoms with van der Waals surface area (Å²) >= 11 is 7.22. The molecule has 1 amide bonds. The molecule has 1 aromatic carbocycles. The van der Waals surface area contributed by atoms with Gasteiger partial charge in [-0.3, -0.25) is 4.79 Å². The Balaban J connectivity index is 1.66. The Morgan fingerprint density at radius 1 is 1.33 bits per heavy atom. The number of carbonyl (C=O) groups is 1. The Labute approximate surface area is 168 Å². The number of nitrogens with zero attached hydrogens (tertiary/aromatic N) is 4. The summed E-state index contributed by atoms with van der Waals surface area (Å²) in [6.45, 7) is 2.36. The number of thioether (sulfide) groups is 1. The first-order chi connectivity index (χ1) is 12.8. The molecule has 3 rings (SSSR count). The molecule has 1 fully saturated rings. The highest BCUT2D eigenvalue weighted by Crippen LogP contribution is 2.25. The molecule has 7 nitrogen and oxygen atoms in total. The van der Waals surface area contributed by atoms with Gasteiger partial charge < -0.3 is 9.47 Å². The molecule has 1 atom stereocenters. The number of amides is 1. The van der Waals surface area contributed by atoms with Crippen molar-refractivity contribution >= 4 is 39.1 Å². The van der Waals surface area contributed by atoms with Gasteiger partial charge in [-0.2, -0.15) is 0 Å². The maximum absolute atomic E-state index is 12.6. The Bertz CT molecular complexity index is 928. The van der Waals surface area contributed by atoms with Crippen molar-refractivity contribution < 1.29 is 13.2 Å². The fraction of sp³-hybridized carbons (Fsp3) is 0.471. The molecule has 0 spiro atoms. The Morgan fingerprint density at radius 3 is 2.63 bits per heavy atom. The van der Waals surface area contributed by atoms with E-state index in [0.717, 1.165) is 5.56 Å². The van der Waals surface area contributed by atoms with Crippen molar-refractivity contribution in [2.45, 2.75) is 24.5 Å². The molecular weight excluding hydrogens is 408 g/mol. The van der Waals surface area contributed by atoms with Gasteiger partial charge in [-0.15, -0.1) is 10.2 Å². The van der Waals surface area contributed by atoms with E-state index in [0.29, 0.717) is 29.0 Å². The normalized spacial score (nSPS) is 18.6. The average Bonchev–Trinajstić information content (AvgIpc) is 3.17. The Kier molecular flexibility index (Phi) is 6.12. The summed E-state index contributed by atoms with van der Waals surface area (Å²) in [6.07, 6.45) is 0.511. The fourth-order valence-electron chi connectivity index (χ4n) is 3.16. The van der Waals surface area contributed by atoms with Crippen LogP contribution in [0.5, 0.6) is 0 Å². The first kappa shape index (κ1) is 20.2. The van der Waals surface area contributed by atoms with Crippen LogP contribution in [0.25, 0.3) is 11.4 Å². The van der Waals surface area contributed by atoms with E-state index in [4.69, 9.17) is 11.6 Å². The van der Waals surface area contributed by atoms with Crippen molar-refractivity contribution in [2.24, 2.45) is 7.05 Å². The summed E-state index contributed by atoms with van der Waals surface area (Å²) in [5.41, 5.74) is 0.888. The van der Waals surface area contributed by atoms with Crippen molar-refractivity contribution in [1.82, 2.24) is 19.7 Å². The zero-order valence-corrected chi connectivity index (χ0v) is 17.5. The predicted molar refractivity (Wildman–Crippen MR) is 107 cm³/mol. The minimum absolute atomic E-state index is 0.0575. The molecule has 0 saturated carbocycles. The van der Waals surface area contributed by atoms with Crippen molar-refractivity contribution in [3.05, 3.63) is 29.3 Å². The zero-order valence-electron chi connectivity index (χ0n) is 15.1. The molecule has 1 saturated heterocycles. The van der Waals surface area contributed by atoms with E-state index in [1.165, 1.54) is 11.8 Å². The number of rotatable bonds is 6. The van der Waals surface area contributed by atoms with Gasteiger partial charge in [-0.1, -0.05) is 23.4 Å². The topological polar surface area (TPSA) is 85.2 Å². The first-order valence-electron chi connectivity index (χ1n) is 8.58. The molecule has 10 heteroatoms. The third-order valence-electron chi connectivity index (χ3n) is 4.57. The first-order valence-corrected chi connectivity index (χ1v) is 11.8. The van der Waals surface area contributed by atoms with Crippen LogP contribution in [0.4, 0.5) is 0 Å². The van der Waals surface area contributed by atoms with Gasteiger partial charge in [-0.25, -0.2) is 8.42 Å². The predicted octanol–water partition coefficient (Wildman–Crippen LogP) is 2.26. The number of aromatic nitrogens is 3. The zero-order chi connectivity index (χ0) is 19.6. The number of carbonyl (C=O) groups excluding carboxylic acids is 1. The third kappa shape index (κ3) is 4.64. The summed E-state index contributed by atoms with van der Waals surface area (Å²) in [5.74, 6) is 1.01. The van der Waals surface area contributed by atoms with Crippen LogP contribution in [0.15, 0.2) is 29.4 Å². The van der Waals surface area contributed by atoms with E-state index in [1.807, 2.05) is 30.7 Å². The summed E-state index contributed by atoms with van der Waals surface area (Å²) in [4.78, 5) is 14.3. The van der Waals surface area contributed by atoms with Gasteiger partial charge in [0, 0.05) is 30.2 Å². The van der Waals surface area contributed by atoms with Crippen LogP contribution >= 0.6 is 23.4 Å². The molecule has 0 bridgehead atoms. The lowest BCUT2D eigenvalue weighted by atomic mass is 10.2. The molecule has 1 aliphatic heterocycles. The van der Waals surface area contributed by atoms with Crippen LogP contribution in [0, 0.1) is 0 Å². The number of benzene rings is 1. The van der Waals surface area contributed by atoms with Crippen LogP contribution in [-0.4, -0.2) is 63.8 Å². The fourth-order valence-corrected chi connectivity index (χ4v) is 5.81. The van der Waals surface area contributed by atoms with E-state index in [-0.39, 0.29) is 29.2 Å². The van der Waals surface area contributed by atoms with Gasteiger partial charge >= 0.3 is 0 Å². The number of sulfone groups is 1. The van der Waals surface area contributed by atoms with Crippen LogP contribution in [0.2, 0.25) is 5.02 Å². The van der Waals surface area contributed by atoms with E-state index >= 15 is 0 Å². The number of halogens is 1. The Hall–Kier alpha value is -1.58. The lowest BCUT2D eigenvalue weighted by molar-refractivity contribution is -0.129. The summed E-state index contributed by atoms with van der Waals surface area (Å²) in [5, 5.41) is 9.64. The molecular formula is C17H21ClN4O3S2. The molecule has 0 N–H and O–H groups in total. The van der Waals surface area contributed by atoms with Crippen molar-refractivity contribution in [2.75, 3.05) is 23.8 Å². The summed E-state index contributed by atoms with van der Waals surface area (Å²) in [6, 6.07) is 7.08. The average molecular weight is 429 g/mol. The highest BCUT2D eigenvalue weighted by molar-refractivity contribution is 7.99. The quantitative estimate of drug-likeness (QED) is 0.656. The second-order valence-electron chi connectivity index (χ2n) is 6.40. The number of hydrogen-bond acceptors (Lipinski definition) is 6. The molecule has 146 valence electrons. The van der Waals surface area contributed by atoms with Gasteiger partial charge in [0.25, 0.3) is 0 Å². The molecule has 0 unspecified atom stereocenters. The SMILES string of the molecule is CCN(C(=O)CSc1nnc(-c2ccc(Cl)cc2)n1C)[C@H]1CCS(=O)(=O)C1. The van der Waals surface area contributed by atoms with E-state index < -0.39 is 9.84 Å². The second kappa shape index (κ2) is 8.20. The van der Waals surface area contributed by atoms with Gasteiger partial charge in [0.1, 0.15) is 0 Å². The Morgan fingerprint density at radius 2 is 2.04 bits per heavy atom. The smallest absolute Gasteiger partial charge is 0.233 e. The minimum Gasteiger partial charge on any atom is -0.338 e.